The average Bonchev–Trinajstić information content (AvgIpc) is 2.58. The highest BCUT2D eigenvalue weighted by molar-refractivity contribution is 5.63. The first-order chi connectivity index (χ1) is 7.39. The predicted octanol–water partition coefficient (Wildman–Crippen LogP) is 2.39. The van der Waals surface area contributed by atoms with Gasteiger partial charge in [0.05, 0.1) is 5.56 Å². The highest BCUT2D eigenvalue weighted by Gasteiger charge is 2.37. The second-order valence-electron chi connectivity index (χ2n) is 4.15. The lowest BCUT2D eigenvalue weighted by atomic mass is 10.0. The Kier molecular flexibility index (Phi) is 2.58. The first kappa shape index (κ1) is 11.3. The monoisotopic (exact) mass is 230 g/mol. The molecule has 2 rings (SSSR count). The summed E-state index contributed by atoms with van der Waals surface area (Å²) in [7, 11) is 0. The third kappa shape index (κ3) is 1.87. The van der Waals surface area contributed by atoms with Gasteiger partial charge in [-0.25, -0.2) is 0 Å². The van der Waals surface area contributed by atoms with Gasteiger partial charge in [-0.3, -0.25) is 0 Å². The molecular weight excluding hydrogens is 217 g/mol. The molecular formula is C11H13F3N2. The van der Waals surface area contributed by atoms with Crippen molar-refractivity contribution in [2.24, 2.45) is 5.73 Å². The first-order valence-corrected chi connectivity index (χ1v) is 5.11. The molecule has 0 fully saturated rings. The molecule has 88 valence electrons. The van der Waals surface area contributed by atoms with E-state index in [1.165, 1.54) is 6.07 Å². The largest absolute Gasteiger partial charge is 0.418 e. The molecule has 0 saturated heterocycles. The number of fused-ring (bicyclic) bond motifs is 1. The van der Waals surface area contributed by atoms with Gasteiger partial charge in [-0.2, -0.15) is 13.2 Å². The summed E-state index contributed by atoms with van der Waals surface area (Å²) in [5, 5.41) is 2.86. The highest BCUT2D eigenvalue weighted by Crippen LogP contribution is 2.40. The number of alkyl halides is 3. The second-order valence-corrected chi connectivity index (χ2v) is 4.15. The van der Waals surface area contributed by atoms with Crippen LogP contribution in [0.1, 0.15) is 18.1 Å². The fourth-order valence-electron chi connectivity index (χ4n) is 1.97. The number of halogens is 3. The first-order valence-electron chi connectivity index (χ1n) is 5.11. The summed E-state index contributed by atoms with van der Waals surface area (Å²) in [6, 6.07) is 3.95. The number of nitrogens with one attached hydrogen (secondary N) is 1. The van der Waals surface area contributed by atoms with Crippen molar-refractivity contribution in [3.63, 3.8) is 0 Å². The molecule has 3 N–H and O–H groups in total. The molecule has 1 aromatic carbocycles. The third-order valence-corrected chi connectivity index (χ3v) is 2.86. The summed E-state index contributed by atoms with van der Waals surface area (Å²) in [5.41, 5.74) is 5.97. The van der Waals surface area contributed by atoms with Crippen LogP contribution in [0.3, 0.4) is 0 Å². The van der Waals surface area contributed by atoms with E-state index in [4.69, 9.17) is 5.73 Å². The quantitative estimate of drug-likeness (QED) is 0.777. The van der Waals surface area contributed by atoms with Crippen LogP contribution < -0.4 is 11.1 Å². The molecule has 0 aliphatic carbocycles. The van der Waals surface area contributed by atoms with Crippen LogP contribution in [0, 0.1) is 0 Å². The Hall–Kier alpha value is -1.23. The molecule has 16 heavy (non-hydrogen) atoms. The molecule has 0 bridgehead atoms. The maximum Gasteiger partial charge on any atom is 0.418 e. The maximum atomic E-state index is 12.7. The van der Waals surface area contributed by atoms with Crippen molar-refractivity contribution in [3.05, 3.63) is 29.3 Å². The topological polar surface area (TPSA) is 38.0 Å². The van der Waals surface area contributed by atoms with Crippen LogP contribution >= 0.6 is 0 Å². The summed E-state index contributed by atoms with van der Waals surface area (Å²) in [4.78, 5) is 0. The Bertz CT molecular complexity index is 399. The van der Waals surface area contributed by atoms with Crippen molar-refractivity contribution in [2.45, 2.75) is 31.6 Å². The molecule has 1 heterocycles. The van der Waals surface area contributed by atoms with Gasteiger partial charge in [0.15, 0.2) is 0 Å². The third-order valence-electron chi connectivity index (χ3n) is 2.86. The fourth-order valence-corrected chi connectivity index (χ4v) is 1.97. The summed E-state index contributed by atoms with van der Waals surface area (Å²) in [5.74, 6) is 0. The van der Waals surface area contributed by atoms with Gasteiger partial charge in [-0.1, -0.05) is 12.1 Å². The highest BCUT2D eigenvalue weighted by atomic mass is 19.4. The zero-order valence-corrected chi connectivity index (χ0v) is 8.81. The van der Waals surface area contributed by atoms with Gasteiger partial charge < -0.3 is 11.1 Å². The number of benzene rings is 1. The minimum absolute atomic E-state index is 0.113. The Morgan fingerprint density at radius 3 is 2.69 bits per heavy atom. The summed E-state index contributed by atoms with van der Waals surface area (Å²) in [6.07, 6.45) is -3.76. The molecule has 0 radical (unpaired) electrons. The van der Waals surface area contributed by atoms with E-state index >= 15 is 0 Å². The van der Waals surface area contributed by atoms with Crippen LogP contribution in [0.15, 0.2) is 18.2 Å². The van der Waals surface area contributed by atoms with E-state index in [9.17, 15) is 13.2 Å². The van der Waals surface area contributed by atoms with Gasteiger partial charge in [0, 0.05) is 17.8 Å². The molecule has 0 aromatic heterocycles. The Morgan fingerprint density at radius 1 is 1.44 bits per heavy atom. The number of para-hydroxylation sites is 1. The average molecular weight is 230 g/mol. The van der Waals surface area contributed by atoms with E-state index in [1.807, 2.05) is 0 Å². The minimum atomic E-state index is -4.31. The Labute approximate surface area is 91.6 Å². The minimum Gasteiger partial charge on any atom is -0.380 e. The number of hydrogen-bond donors (Lipinski definition) is 2. The standard InChI is InChI=1S/C11H13F3N2/c1-6(15)9-5-7-3-2-4-8(10(7)16-9)11(12,13)14/h2-4,6,9,16H,5,15H2,1H3. The number of hydrogen-bond acceptors (Lipinski definition) is 2. The van der Waals surface area contributed by atoms with Gasteiger partial charge in [0.25, 0.3) is 0 Å². The fraction of sp³-hybridized carbons (Fsp3) is 0.455. The molecule has 2 unspecified atom stereocenters. The van der Waals surface area contributed by atoms with Crippen molar-refractivity contribution in [3.8, 4) is 0 Å². The molecule has 1 aliphatic heterocycles. The smallest absolute Gasteiger partial charge is 0.380 e. The molecule has 0 saturated carbocycles. The van der Waals surface area contributed by atoms with E-state index in [2.05, 4.69) is 5.32 Å². The van der Waals surface area contributed by atoms with Gasteiger partial charge >= 0.3 is 6.18 Å². The van der Waals surface area contributed by atoms with Gasteiger partial charge in [-0.05, 0) is 25.0 Å². The van der Waals surface area contributed by atoms with Crippen molar-refractivity contribution >= 4 is 5.69 Å². The van der Waals surface area contributed by atoms with Crippen LogP contribution in [0.5, 0.6) is 0 Å². The predicted molar refractivity (Wildman–Crippen MR) is 56.2 cm³/mol. The lowest BCUT2D eigenvalue weighted by Crippen LogP contribution is -2.36. The van der Waals surface area contributed by atoms with Gasteiger partial charge in [-0.15, -0.1) is 0 Å². The second kappa shape index (κ2) is 3.66. The van der Waals surface area contributed by atoms with E-state index in [-0.39, 0.29) is 17.8 Å². The van der Waals surface area contributed by atoms with Crippen LogP contribution in [-0.2, 0) is 12.6 Å². The van der Waals surface area contributed by atoms with E-state index in [0.29, 0.717) is 12.0 Å². The molecule has 0 spiro atoms. The number of nitrogens with two attached hydrogens (primary N) is 1. The molecule has 1 aliphatic rings. The zero-order valence-electron chi connectivity index (χ0n) is 8.81. The van der Waals surface area contributed by atoms with Gasteiger partial charge in [0.2, 0.25) is 0 Å². The summed E-state index contributed by atoms with van der Waals surface area (Å²) >= 11 is 0. The maximum absolute atomic E-state index is 12.7. The van der Waals surface area contributed by atoms with Crippen molar-refractivity contribution in [2.75, 3.05) is 5.32 Å². The lowest BCUT2D eigenvalue weighted by Gasteiger charge is -2.17. The molecule has 1 aromatic rings. The zero-order chi connectivity index (χ0) is 11.9. The number of rotatable bonds is 1. The molecule has 5 heteroatoms. The molecule has 2 atom stereocenters. The van der Waals surface area contributed by atoms with Crippen LogP contribution in [0.25, 0.3) is 0 Å². The molecule has 2 nitrogen and oxygen atoms in total. The van der Waals surface area contributed by atoms with E-state index in [0.717, 1.165) is 6.07 Å². The summed E-state index contributed by atoms with van der Waals surface area (Å²) < 4.78 is 38.1. The SMILES string of the molecule is CC(N)C1Cc2cccc(C(F)(F)F)c2N1. The Balaban J connectivity index is 2.39. The normalized spacial score (nSPS) is 21.4. The van der Waals surface area contributed by atoms with E-state index in [1.54, 1.807) is 13.0 Å². The van der Waals surface area contributed by atoms with Gasteiger partial charge in [0.1, 0.15) is 0 Å². The van der Waals surface area contributed by atoms with Crippen LogP contribution in [-0.4, -0.2) is 12.1 Å². The molecule has 0 amide bonds. The Morgan fingerprint density at radius 2 is 2.12 bits per heavy atom. The lowest BCUT2D eigenvalue weighted by molar-refractivity contribution is -0.136. The van der Waals surface area contributed by atoms with Crippen molar-refractivity contribution < 1.29 is 13.2 Å². The van der Waals surface area contributed by atoms with Crippen molar-refractivity contribution in [1.29, 1.82) is 0 Å². The number of anilines is 1. The van der Waals surface area contributed by atoms with Crippen LogP contribution in [0.4, 0.5) is 18.9 Å². The van der Waals surface area contributed by atoms with Crippen LogP contribution in [0.2, 0.25) is 0 Å². The van der Waals surface area contributed by atoms with Crippen molar-refractivity contribution in [1.82, 2.24) is 0 Å². The van der Waals surface area contributed by atoms with E-state index < -0.39 is 11.7 Å². The summed E-state index contributed by atoms with van der Waals surface area (Å²) in [6.45, 7) is 1.79.